The van der Waals surface area contributed by atoms with Crippen LogP contribution in [0.5, 0.6) is 5.75 Å². The van der Waals surface area contributed by atoms with Gasteiger partial charge < -0.3 is 10.1 Å². The third kappa shape index (κ3) is 5.35. The monoisotopic (exact) mass is 475 g/mol. The number of alkyl halides is 3. The molecule has 0 saturated carbocycles. The molecule has 0 aliphatic carbocycles. The number of rotatable bonds is 7. The molecular formula is C25H28F3N3O3. The van der Waals surface area contributed by atoms with Crippen molar-refractivity contribution in [2.24, 2.45) is 0 Å². The number of halogens is 3. The van der Waals surface area contributed by atoms with Gasteiger partial charge in [-0.25, -0.2) is 4.90 Å². The summed E-state index contributed by atoms with van der Waals surface area (Å²) in [5.41, 5.74) is 0.274. The first-order chi connectivity index (χ1) is 16.3. The van der Waals surface area contributed by atoms with Crippen LogP contribution in [0.4, 0.5) is 24.5 Å². The molecule has 182 valence electrons. The van der Waals surface area contributed by atoms with Crippen molar-refractivity contribution in [2.45, 2.75) is 50.9 Å². The lowest BCUT2D eigenvalue weighted by atomic mass is 10.0. The summed E-state index contributed by atoms with van der Waals surface area (Å²) in [7, 11) is 0. The first-order valence-electron chi connectivity index (χ1n) is 11.5. The number of amides is 2. The van der Waals surface area contributed by atoms with Crippen LogP contribution in [0.2, 0.25) is 0 Å². The summed E-state index contributed by atoms with van der Waals surface area (Å²) in [5, 5.41) is 3.18. The molecule has 4 rings (SSSR count). The Balaban J connectivity index is 1.34. The maximum Gasteiger partial charge on any atom is 0.416 e. The van der Waals surface area contributed by atoms with E-state index in [9.17, 15) is 22.8 Å². The molecule has 0 spiro atoms. The molecule has 2 aliphatic rings. The van der Waals surface area contributed by atoms with Gasteiger partial charge in [0, 0.05) is 24.8 Å². The van der Waals surface area contributed by atoms with Crippen LogP contribution in [0, 0.1) is 0 Å². The van der Waals surface area contributed by atoms with E-state index >= 15 is 0 Å². The number of hydrogen-bond donors (Lipinski definition) is 1. The van der Waals surface area contributed by atoms with Crippen LogP contribution in [0.25, 0.3) is 0 Å². The lowest BCUT2D eigenvalue weighted by Crippen LogP contribution is -2.48. The van der Waals surface area contributed by atoms with Gasteiger partial charge in [-0.3, -0.25) is 14.5 Å². The van der Waals surface area contributed by atoms with E-state index < -0.39 is 17.8 Å². The number of nitrogens with one attached hydrogen (secondary N) is 1. The minimum absolute atomic E-state index is 0.00120. The maximum absolute atomic E-state index is 13.1. The van der Waals surface area contributed by atoms with E-state index in [0.29, 0.717) is 49.7 Å². The number of carbonyl (C=O) groups is 2. The largest absolute Gasteiger partial charge is 0.494 e. The summed E-state index contributed by atoms with van der Waals surface area (Å²) in [6, 6.07) is 11.6. The Hall–Kier alpha value is -3.07. The second kappa shape index (κ2) is 10.0. The topological polar surface area (TPSA) is 61.9 Å². The third-order valence-electron chi connectivity index (χ3n) is 6.22. The first-order valence-corrected chi connectivity index (χ1v) is 11.5. The van der Waals surface area contributed by atoms with Crippen molar-refractivity contribution in [2.75, 3.05) is 29.9 Å². The zero-order valence-corrected chi connectivity index (χ0v) is 19.0. The molecule has 2 aromatic carbocycles. The molecule has 1 N–H and O–H groups in total. The highest BCUT2D eigenvalue weighted by Crippen LogP contribution is 2.32. The minimum Gasteiger partial charge on any atom is -0.494 e. The summed E-state index contributed by atoms with van der Waals surface area (Å²) in [4.78, 5) is 29.0. The Morgan fingerprint density at radius 3 is 2.41 bits per heavy atom. The molecule has 0 radical (unpaired) electrons. The number of likely N-dealkylation sites (tertiary alicyclic amines) is 1. The molecule has 0 bridgehead atoms. The molecule has 2 amide bonds. The Morgan fingerprint density at radius 2 is 1.76 bits per heavy atom. The predicted octanol–water partition coefficient (Wildman–Crippen LogP) is 4.70. The first kappa shape index (κ1) is 24.1. The van der Waals surface area contributed by atoms with Crippen molar-refractivity contribution < 1.29 is 27.5 Å². The van der Waals surface area contributed by atoms with E-state index in [2.05, 4.69) is 5.32 Å². The van der Waals surface area contributed by atoms with Crippen LogP contribution in [0.15, 0.2) is 48.5 Å². The van der Waals surface area contributed by atoms with Crippen LogP contribution in [0.1, 0.15) is 38.2 Å². The predicted molar refractivity (Wildman–Crippen MR) is 123 cm³/mol. The Labute approximate surface area is 196 Å². The standard InChI is InChI=1S/C25H28F3N3O3/c1-2-14-34-21-8-6-20(7-9-21)31-23(32)16-22(24(31)33)30-12-10-18(11-13-30)29-19-5-3-4-17(15-19)25(26,27)28/h3-9,15,18,22,29H,2,10-14,16H2,1H3/t22-/m1/s1. The fourth-order valence-corrected chi connectivity index (χ4v) is 4.46. The van der Waals surface area contributed by atoms with Crippen LogP contribution in [0.3, 0.4) is 0 Å². The second-order valence-electron chi connectivity index (χ2n) is 8.66. The molecule has 9 heteroatoms. The summed E-state index contributed by atoms with van der Waals surface area (Å²) < 4.78 is 44.4. The van der Waals surface area contributed by atoms with Gasteiger partial charge in [-0.2, -0.15) is 13.2 Å². The summed E-state index contributed by atoms with van der Waals surface area (Å²) in [5.74, 6) is 0.217. The molecule has 6 nitrogen and oxygen atoms in total. The number of piperidine rings is 1. The highest BCUT2D eigenvalue weighted by molar-refractivity contribution is 6.22. The van der Waals surface area contributed by atoms with Crippen molar-refractivity contribution in [1.29, 1.82) is 0 Å². The fraction of sp³-hybridized carbons (Fsp3) is 0.440. The van der Waals surface area contributed by atoms with E-state index in [0.717, 1.165) is 18.6 Å². The molecule has 1 atom stereocenters. The second-order valence-corrected chi connectivity index (χ2v) is 8.66. The lowest BCUT2D eigenvalue weighted by molar-refractivity contribution is -0.137. The van der Waals surface area contributed by atoms with Crippen molar-refractivity contribution in [1.82, 2.24) is 4.90 Å². The molecule has 2 saturated heterocycles. The summed E-state index contributed by atoms with van der Waals surface area (Å²) >= 11 is 0. The number of hydrogen-bond acceptors (Lipinski definition) is 5. The average molecular weight is 476 g/mol. The number of nitrogens with zero attached hydrogens (tertiary/aromatic N) is 2. The zero-order chi connectivity index (χ0) is 24.3. The van der Waals surface area contributed by atoms with Crippen molar-refractivity contribution in [3.63, 3.8) is 0 Å². The third-order valence-corrected chi connectivity index (χ3v) is 6.22. The highest BCUT2D eigenvalue weighted by Gasteiger charge is 2.43. The molecule has 2 fully saturated rings. The zero-order valence-electron chi connectivity index (χ0n) is 19.0. The van der Waals surface area contributed by atoms with Crippen molar-refractivity contribution in [3.05, 3.63) is 54.1 Å². The van der Waals surface area contributed by atoms with Gasteiger partial charge in [0.15, 0.2) is 0 Å². The number of ether oxygens (including phenoxy) is 1. The summed E-state index contributed by atoms with van der Waals surface area (Å²) in [6.07, 6.45) is -2.04. The fourth-order valence-electron chi connectivity index (χ4n) is 4.46. The Morgan fingerprint density at radius 1 is 1.06 bits per heavy atom. The van der Waals surface area contributed by atoms with E-state index in [1.165, 1.54) is 11.0 Å². The van der Waals surface area contributed by atoms with Crippen LogP contribution in [-0.4, -0.2) is 48.5 Å². The SMILES string of the molecule is CCCOc1ccc(N2C(=O)C[C@@H](N3CCC(Nc4cccc(C(F)(F)F)c4)CC3)C2=O)cc1. The Bertz CT molecular complexity index is 1020. The van der Waals surface area contributed by atoms with E-state index in [4.69, 9.17) is 4.74 Å². The molecular weight excluding hydrogens is 447 g/mol. The molecule has 2 aromatic rings. The van der Waals surface area contributed by atoms with Gasteiger partial charge in [0.05, 0.1) is 30.3 Å². The number of anilines is 2. The minimum atomic E-state index is -4.38. The Kier molecular flexibility index (Phi) is 7.11. The van der Waals surface area contributed by atoms with Crippen LogP contribution < -0.4 is 15.0 Å². The van der Waals surface area contributed by atoms with E-state index in [-0.39, 0.29) is 24.3 Å². The number of imide groups is 1. The van der Waals surface area contributed by atoms with Gasteiger partial charge in [-0.1, -0.05) is 13.0 Å². The lowest BCUT2D eigenvalue weighted by Gasteiger charge is -2.35. The molecule has 0 unspecified atom stereocenters. The molecule has 34 heavy (non-hydrogen) atoms. The van der Waals surface area contributed by atoms with Gasteiger partial charge in [0.2, 0.25) is 5.91 Å². The van der Waals surface area contributed by atoms with Crippen molar-refractivity contribution >= 4 is 23.2 Å². The quantitative estimate of drug-likeness (QED) is 0.588. The number of carbonyl (C=O) groups excluding carboxylic acids is 2. The summed E-state index contributed by atoms with van der Waals surface area (Å²) in [6.45, 7) is 3.78. The molecule has 0 aromatic heterocycles. The molecule has 2 aliphatic heterocycles. The van der Waals surface area contributed by atoms with Gasteiger partial charge in [-0.05, 0) is 61.7 Å². The van der Waals surface area contributed by atoms with Gasteiger partial charge in [0.1, 0.15) is 5.75 Å². The molecule has 2 heterocycles. The van der Waals surface area contributed by atoms with E-state index in [1.54, 1.807) is 30.3 Å². The van der Waals surface area contributed by atoms with Gasteiger partial charge in [-0.15, -0.1) is 0 Å². The van der Waals surface area contributed by atoms with E-state index in [1.807, 2.05) is 11.8 Å². The van der Waals surface area contributed by atoms with Crippen LogP contribution >= 0.6 is 0 Å². The maximum atomic E-state index is 13.1. The van der Waals surface area contributed by atoms with Gasteiger partial charge >= 0.3 is 6.18 Å². The highest BCUT2D eigenvalue weighted by atomic mass is 19.4. The van der Waals surface area contributed by atoms with Crippen LogP contribution in [-0.2, 0) is 15.8 Å². The normalized spacial score (nSPS) is 20.1. The smallest absolute Gasteiger partial charge is 0.416 e. The van der Waals surface area contributed by atoms with Crippen molar-refractivity contribution in [3.8, 4) is 5.75 Å². The number of benzene rings is 2. The van der Waals surface area contributed by atoms with Gasteiger partial charge in [0.25, 0.3) is 5.91 Å². The average Bonchev–Trinajstić information content (AvgIpc) is 3.12.